The Balaban J connectivity index is 2.14. The second kappa shape index (κ2) is 5.19. The van der Waals surface area contributed by atoms with Crippen LogP contribution in [0.15, 0.2) is 47.4 Å². The molecule has 1 atom stereocenters. The van der Waals surface area contributed by atoms with Gasteiger partial charge < -0.3 is 0 Å². The van der Waals surface area contributed by atoms with Crippen LogP contribution in [-0.4, -0.2) is 25.3 Å². The molecule has 0 bridgehead atoms. The van der Waals surface area contributed by atoms with Crippen molar-refractivity contribution in [3.8, 4) is 0 Å². The van der Waals surface area contributed by atoms with Crippen LogP contribution in [0.5, 0.6) is 0 Å². The van der Waals surface area contributed by atoms with E-state index in [0.717, 1.165) is 30.0 Å². The van der Waals surface area contributed by atoms with E-state index in [1.54, 1.807) is 10.4 Å². The fraction of sp³-hybridized carbons (Fsp3) is 0.375. The topological polar surface area (TPSA) is 37.4 Å². The fourth-order valence-electron chi connectivity index (χ4n) is 2.98. The molecule has 0 aliphatic carbocycles. The van der Waals surface area contributed by atoms with Gasteiger partial charge in [0.2, 0.25) is 10.0 Å². The molecule has 3 nitrogen and oxygen atoms in total. The predicted octanol–water partition coefficient (Wildman–Crippen LogP) is 3.40. The molecule has 0 radical (unpaired) electrons. The number of rotatable bonds is 2. The van der Waals surface area contributed by atoms with Crippen LogP contribution < -0.4 is 0 Å². The second-order valence-electron chi connectivity index (χ2n) is 5.44. The first-order valence-corrected chi connectivity index (χ1v) is 8.54. The summed E-state index contributed by atoms with van der Waals surface area (Å²) < 4.78 is 27.5. The van der Waals surface area contributed by atoms with Gasteiger partial charge in [0.15, 0.2) is 0 Å². The molecule has 1 heterocycles. The van der Waals surface area contributed by atoms with Crippen LogP contribution in [0.25, 0.3) is 10.8 Å². The summed E-state index contributed by atoms with van der Waals surface area (Å²) in [5.41, 5.74) is 0. The highest BCUT2D eigenvalue weighted by Gasteiger charge is 2.31. The van der Waals surface area contributed by atoms with Gasteiger partial charge in [0, 0.05) is 18.0 Å². The lowest BCUT2D eigenvalue weighted by Crippen LogP contribution is -2.41. The maximum atomic E-state index is 12.9. The Morgan fingerprint density at radius 2 is 1.80 bits per heavy atom. The van der Waals surface area contributed by atoms with Crippen molar-refractivity contribution < 1.29 is 8.42 Å². The number of sulfonamides is 1. The van der Waals surface area contributed by atoms with E-state index in [1.807, 2.05) is 43.3 Å². The lowest BCUT2D eigenvalue weighted by Gasteiger charge is -2.32. The molecule has 0 N–H and O–H groups in total. The predicted molar refractivity (Wildman–Crippen MR) is 81.2 cm³/mol. The normalized spacial score (nSPS) is 21.1. The summed E-state index contributed by atoms with van der Waals surface area (Å²) in [7, 11) is -3.40. The summed E-state index contributed by atoms with van der Waals surface area (Å²) >= 11 is 0. The molecule has 106 valence electrons. The molecule has 3 rings (SSSR count). The number of fused-ring (bicyclic) bond motifs is 1. The molecule has 1 aliphatic rings. The van der Waals surface area contributed by atoms with E-state index >= 15 is 0 Å². The Kier molecular flexibility index (Phi) is 3.52. The third-order valence-electron chi connectivity index (χ3n) is 4.08. The molecular weight excluding hydrogens is 270 g/mol. The summed E-state index contributed by atoms with van der Waals surface area (Å²) in [4.78, 5) is 0.435. The molecule has 4 heteroatoms. The largest absolute Gasteiger partial charge is 0.243 e. The zero-order valence-electron chi connectivity index (χ0n) is 11.6. The van der Waals surface area contributed by atoms with Gasteiger partial charge in [0.25, 0.3) is 0 Å². The molecule has 0 amide bonds. The van der Waals surface area contributed by atoms with E-state index in [9.17, 15) is 8.42 Å². The average molecular weight is 289 g/mol. The molecule has 0 saturated carbocycles. The zero-order chi connectivity index (χ0) is 14.2. The Hall–Kier alpha value is -1.39. The van der Waals surface area contributed by atoms with Gasteiger partial charge in [-0.1, -0.05) is 42.8 Å². The van der Waals surface area contributed by atoms with E-state index in [0.29, 0.717) is 11.4 Å². The highest BCUT2D eigenvalue weighted by Crippen LogP contribution is 2.29. The molecule has 1 fully saturated rings. The van der Waals surface area contributed by atoms with E-state index in [4.69, 9.17) is 0 Å². The number of hydrogen-bond acceptors (Lipinski definition) is 2. The van der Waals surface area contributed by atoms with Crippen molar-refractivity contribution in [2.45, 2.75) is 37.1 Å². The summed E-state index contributed by atoms with van der Waals surface area (Å²) in [6.45, 7) is 2.63. The summed E-state index contributed by atoms with van der Waals surface area (Å²) in [5, 5.41) is 1.78. The molecule has 2 aromatic rings. The fourth-order valence-corrected chi connectivity index (χ4v) is 4.89. The monoisotopic (exact) mass is 289 g/mol. The van der Waals surface area contributed by atoms with Crippen molar-refractivity contribution in [2.75, 3.05) is 6.54 Å². The third kappa shape index (κ3) is 2.23. The first-order valence-electron chi connectivity index (χ1n) is 7.10. The highest BCUT2D eigenvalue weighted by atomic mass is 32.2. The first-order chi connectivity index (χ1) is 9.60. The molecule has 1 unspecified atom stereocenters. The molecular formula is C16H19NO2S. The minimum absolute atomic E-state index is 0.0905. The van der Waals surface area contributed by atoms with E-state index in [-0.39, 0.29) is 6.04 Å². The number of hydrogen-bond donors (Lipinski definition) is 0. The summed E-state index contributed by atoms with van der Waals surface area (Å²) in [6, 6.07) is 13.2. The standard InChI is InChI=1S/C16H19NO2S/c1-13-7-4-5-12-17(13)20(18,19)16-11-6-9-14-8-2-3-10-15(14)16/h2-3,6,8-11,13H,4-5,7,12H2,1H3. The van der Waals surface area contributed by atoms with Crippen molar-refractivity contribution in [3.63, 3.8) is 0 Å². The summed E-state index contributed by atoms with van der Waals surface area (Å²) in [6.07, 6.45) is 3.01. The van der Waals surface area contributed by atoms with Crippen LogP contribution >= 0.6 is 0 Å². The number of piperidine rings is 1. The molecule has 0 aromatic heterocycles. The van der Waals surface area contributed by atoms with Crippen molar-refractivity contribution >= 4 is 20.8 Å². The second-order valence-corrected chi connectivity index (χ2v) is 7.30. The SMILES string of the molecule is CC1CCCCN1S(=O)(=O)c1cccc2ccccc12. The van der Waals surface area contributed by atoms with Gasteiger partial charge in [-0.05, 0) is 31.2 Å². The van der Waals surface area contributed by atoms with Gasteiger partial charge in [0.1, 0.15) is 0 Å². The Morgan fingerprint density at radius 3 is 2.60 bits per heavy atom. The first kappa shape index (κ1) is 13.6. The van der Waals surface area contributed by atoms with E-state index in [2.05, 4.69) is 0 Å². The molecule has 1 aliphatic heterocycles. The van der Waals surface area contributed by atoms with Gasteiger partial charge in [-0.15, -0.1) is 0 Å². The third-order valence-corrected chi connectivity index (χ3v) is 6.15. The van der Waals surface area contributed by atoms with Crippen LogP contribution in [0, 0.1) is 0 Å². The quantitative estimate of drug-likeness (QED) is 0.849. The van der Waals surface area contributed by atoms with Crippen LogP contribution in [-0.2, 0) is 10.0 Å². The van der Waals surface area contributed by atoms with Gasteiger partial charge >= 0.3 is 0 Å². The Labute approximate surface area is 120 Å². The lowest BCUT2D eigenvalue weighted by atomic mass is 10.1. The maximum Gasteiger partial charge on any atom is 0.243 e. The molecule has 1 saturated heterocycles. The molecule has 20 heavy (non-hydrogen) atoms. The number of nitrogens with zero attached hydrogens (tertiary/aromatic N) is 1. The van der Waals surface area contributed by atoms with E-state index < -0.39 is 10.0 Å². The van der Waals surface area contributed by atoms with Crippen LogP contribution in [0.1, 0.15) is 26.2 Å². The number of benzene rings is 2. The van der Waals surface area contributed by atoms with Crippen LogP contribution in [0.4, 0.5) is 0 Å². The summed E-state index contributed by atoms with van der Waals surface area (Å²) in [5.74, 6) is 0. The lowest BCUT2D eigenvalue weighted by molar-refractivity contribution is 0.269. The van der Waals surface area contributed by atoms with Gasteiger partial charge in [0.05, 0.1) is 4.90 Å². The molecule has 0 spiro atoms. The van der Waals surface area contributed by atoms with Crippen molar-refractivity contribution in [1.82, 2.24) is 4.31 Å². The van der Waals surface area contributed by atoms with Crippen LogP contribution in [0.2, 0.25) is 0 Å². The van der Waals surface area contributed by atoms with Crippen molar-refractivity contribution in [1.29, 1.82) is 0 Å². The smallest absolute Gasteiger partial charge is 0.207 e. The average Bonchev–Trinajstić information content (AvgIpc) is 2.47. The van der Waals surface area contributed by atoms with E-state index in [1.165, 1.54) is 0 Å². The van der Waals surface area contributed by atoms with Crippen molar-refractivity contribution in [3.05, 3.63) is 42.5 Å². The Bertz CT molecular complexity index is 719. The maximum absolute atomic E-state index is 12.9. The highest BCUT2D eigenvalue weighted by molar-refractivity contribution is 7.89. The minimum Gasteiger partial charge on any atom is -0.207 e. The minimum atomic E-state index is -3.40. The zero-order valence-corrected chi connectivity index (χ0v) is 12.4. The molecule has 2 aromatic carbocycles. The van der Waals surface area contributed by atoms with Crippen LogP contribution in [0.3, 0.4) is 0 Å². The van der Waals surface area contributed by atoms with Crippen molar-refractivity contribution in [2.24, 2.45) is 0 Å². The Morgan fingerprint density at radius 1 is 1.05 bits per heavy atom. The van der Waals surface area contributed by atoms with Gasteiger partial charge in [-0.3, -0.25) is 0 Å². The van der Waals surface area contributed by atoms with Gasteiger partial charge in [-0.2, -0.15) is 4.31 Å². The van der Waals surface area contributed by atoms with Gasteiger partial charge in [-0.25, -0.2) is 8.42 Å².